The monoisotopic (exact) mass is 1970 g/mol. The first kappa shape index (κ1) is 116. The molecule has 7 fully saturated rings. The van der Waals surface area contributed by atoms with E-state index < -0.39 is 302 Å². The van der Waals surface area contributed by atoms with Gasteiger partial charge in [0.1, 0.15) is 128 Å². The molecule has 0 aromatic rings. The predicted molar refractivity (Wildman–Crippen MR) is 452 cm³/mol. The summed E-state index contributed by atoms with van der Waals surface area (Å²) < 4.78 is 66.7. The van der Waals surface area contributed by atoms with E-state index in [1.807, 2.05) is 0 Å². The Morgan fingerprint density at radius 2 is 0.662 bits per heavy atom. The number of unbranched alkanes of at least 4 members (excludes halogenated alkanes) is 7. The summed E-state index contributed by atoms with van der Waals surface area (Å²) in [5, 5.41) is 219. The molecule has 7 aliphatic heterocycles. The first-order valence-corrected chi connectivity index (χ1v) is 45.9. The molecule has 0 unspecified atom stereocenters. The number of ether oxygens (including phenoxy) is 12. The topological polar surface area (TPSA) is 798 Å². The maximum absolute atomic E-state index is 14.3. The number of amides is 10. The van der Waals surface area contributed by atoms with Crippen molar-refractivity contribution in [2.45, 2.75) is 320 Å². The minimum Gasteiger partial charge on any atom is -0.394 e. The Morgan fingerprint density at radius 1 is 0.338 bits per heavy atom. The van der Waals surface area contributed by atoms with E-state index in [4.69, 9.17) is 61.7 Å². The van der Waals surface area contributed by atoms with E-state index in [2.05, 4.69) is 42.5 Å². The molecule has 27 N–H and O–H groups in total. The van der Waals surface area contributed by atoms with E-state index >= 15 is 0 Å². The molecule has 54 nitrogen and oxygen atoms in total. The molecule has 0 aromatic carbocycles. The quantitative estimate of drug-likeness (QED) is 0.0199. The van der Waals surface area contributed by atoms with Gasteiger partial charge in [0.2, 0.25) is 47.3 Å². The van der Waals surface area contributed by atoms with Gasteiger partial charge in [0, 0.05) is 84.5 Å². The fourth-order valence-electron chi connectivity index (χ4n) is 15.4. The standard InChI is InChI=1S/C82H141N11O43/c1-41-58(106)64(112)69(117)77(129-41)124-30-26-88-53(101)36-92(37-54(102)89-27-31-125-78-70(118)65(113)59(107)42(2)130-78)44(76(123)90-28-32-126-79-71(119)66(114)60(108)43(3)131-79)15-10-14-24-83-48(96)16-7-4-11-21-84-50(98)33-91(35-52(100)86-23-13-6-9-18-57(105)136-93-55(103)19-20-56(93)104)34-51(99)85-22-12-5-8-17-49(97)87-25-29-127-81-74(122)75(135-82-73(121)68(116)62(110)46(39-95)133-82)63(111)47(134-81)40-128-80-72(120)67(115)61(109)45(38-94)132-80/h41-47,58-75,77-82,94-95,106-122H,4-40H2,1-3H3,(H,83,96)(H,84,98)(H,85,99)(H,86,100)(H,87,97)(H,88,101)(H,89,102)(H,90,123)/t41-,42-,43-,44-,45+,46+,47+,58+,59+,60+,61+,62+,63+,64+,65+,66+,67-,68-,69-,70-,71-,72-,73-,74-,75-,77+,78+,79+,80-,81-,82+/m0/s1. The molecule has 0 spiro atoms. The van der Waals surface area contributed by atoms with Gasteiger partial charge in [-0.1, -0.05) is 19.3 Å². The van der Waals surface area contributed by atoms with E-state index in [0.29, 0.717) is 62.9 Å². The number of nitrogens with one attached hydrogen (secondary N) is 8. The number of nitrogens with zero attached hydrogens (tertiary/aromatic N) is 3. The van der Waals surface area contributed by atoms with Crippen LogP contribution in [0, 0.1) is 0 Å². The molecule has 7 heterocycles. The second kappa shape index (κ2) is 59.7. The van der Waals surface area contributed by atoms with Crippen molar-refractivity contribution in [1.82, 2.24) is 57.4 Å². The van der Waals surface area contributed by atoms with Crippen LogP contribution in [0.2, 0.25) is 0 Å². The second-order valence-corrected chi connectivity index (χ2v) is 34.2. The lowest BCUT2D eigenvalue weighted by Gasteiger charge is -2.46. The first-order chi connectivity index (χ1) is 64.7. The van der Waals surface area contributed by atoms with Gasteiger partial charge >= 0.3 is 5.97 Å². The summed E-state index contributed by atoms with van der Waals surface area (Å²) >= 11 is 0. The Hall–Kier alpha value is -6.95. The van der Waals surface area contributed by atoms with Crippen LogP contribution in [0.15, 0.2) is 0 Å². The van der Waals surface area contributed by atoms with Crippen LogP contribution in [-0.4, -0.2) is 499 Å². The number of hydrogen-bond donors (Lipinski definition) is 27. The van der Waals surface area contributed by atoms with Crippen LogP contribution in [0.5, 0.6) is 0 Å². The number of imide groups is 1. The molecule has 54 heteroatoms. The summed E-state index contributed by atoms with van der Waals surface area (Å²) in [5.74, 6) is -6.67. The van der Waals surface area contributed by atoms with Crippen molar-refractivity contribution in [2.24, 2.45) is 0 Å². The highest BCUT2D eigenvalue weighted by Gasteiger charge is 2.54. The van der Waals surface area contributed by atoms with Crippen LogP contribution >= 0.6 is 0 Å². The molecule has 10 amide bonds. The van der Waals surface area contributed by atoms with E-state index in [0.717, 1.165) is 0 Å². The smallest absolute Gasteiger partial charge is 0.333 e. The van der Waals surface area contributed by atoms with Gasteiger partial charge in [-0.3, -0.25) is 57.7 Å². The van der Waals surface area contributed by atoms with E-state index in [1.54, 1.807) is 0 Å². The van der Waals surface area contributed by atoms with Gasteiger partial charge in [-0.05, 0) is 78.6 Å². The molecule has 136 heavy (non-hydrogen) atoms. The van der Waals surface area contributed by atoms with Crippen LogP contribution in [0.4, 0.5) is 0 Å². The average molecular weight is 1970 g/mol. The first-order valence-electron chi connectivity index (χ1n) is 45.9. The van der Waals surface area contributed by atoms with Gasteiger partial charge in [-0.2, -0.15) is 0 Å². The van der Waals surface area contributed by atoms with E-state index in [1.165, 1.54) is 30.6 Å². The molecule has 0 bridgehead atoms. The number of carbonyl (C=O) groups excluding carboxylic acids is 11. The minimum atomic E-state index is -1.99. The van der Waals surface area contributed by atoms with Gasteiger partial charge in [-0.15, -0.1) is 5.06 Å². The highest BCUT2D eigenvalue weighted by Crippen LogP contribution is 2.33. The van der Waals surface area contributed by atoms with Crippen LogP contribution < -0.4 is 42.5 Å². The zero-order valence-corrected chi connectivity index (χ0v) is 76.2. The van der Waals surface area contributed by atoms with Gasteiger partial charge < -0.3 is 201 Å². The Kier molecular flexibility index (Phi) is 50.9. The van der Waals surface area contributed by atoms with Gasteiger partial charge in [0.25, 0.3) is 11.8 Å². The second-order valence-electron chi connectivity index (χ2n) is 34.2. The highest BCUT2D eigenvalue weighted by molar-refractivity contribution is 6.01. The fraction of sp³-hybridized carbons (Fsp3) is 0.866. The number of rotatable bonds is 59. The Bertz CT molecular complexity index is 3590. The molecule has 7 rings (SSSR count). The molecule has 7 aliphatic rings. The summed E-state index contributed by atoms with van der Waals surface area (Å²) in [4.78, 5) is 152. The van der Waals surface area contributed by atoms with Crippen LogP contribution in [0.1, 0.15) is 130 Å². The lowest BCUT2D eigenvalue weighted by atomic mass is 9.96. The molecule has 0 aliphatic carbocycles. The third-order valence-electron chi connectivity index (χ3n) is 23.4. The van der Waals surface area contributed by atoms with Crippen molar-refractivity contribution in [1.29, 1.82) is 0 Å². The Balaban J connectivity index is 0.863. The summed E-state index contributed by atoms with van der Waals surface area (Å²) in [5.41, 5.74) is 0. The molecule has 0 saturated carbocycles. The normalized spacial score (nSPS) is 32.8. The minimum absolute atomic E-state index is 0.00571. The van der Waals surface area contributed by atoms with Crippen LogP contribution in [0.3, 0.4) is 0 Å². The van der Waals surface area contributed by atoms with Crippen molar-refractivity contribution >= 4 is 65.0 Å². The zero-order chi connectivity index (χ0) is 100.0. The van der Waals surface area contributed by atoms with E-state index in [9.17, 15) is 150 Å². The maximum Gasteiger partial charge on any atom is 0.333 e. The fourth-order valence-corrected chi connectivity index (χ4v) is 15.4. The summed E-state index contributed by atoms with van der Waals surface area (Å²) in [6.07, 6.45) is -43.9. The van der Waals surface area contributed by atoms with Crippen molar-refractivity contribution in [3.63, 3.8) is 0 Å². The molecular weight excluding hydrogens is 1830 g/mol. The van der Waals surface area contributed by atoms with Gasteiger partial charge in [0.15, 0.2) is 37.7 Å². The summed E-state index contributed by atoms with van der Waals surface area (Å²) in [7, 11) is 0. The maximum atomic E-state index is 14.3. The molecule has 0 aromatic heterocycles. The van der Waals surface area contributed by atoms with Gasteiger partial charge in [-0.25, -0.2) is 4.79 Å². The summed E-state index contributed by atoms with van der Waals surface area (Å²) in [6.45, 7) is -2.12. The number of aliphatic hydroxyl groups is 19. The third kappa shape index (κ3) is 36.9. The lowest BCUT2D eigenvalue weighted by molar-refractivity contribution is -0.366. The molecule has 0 radical (unpaired) electrons. The van der Waals surface area contributed by atoms with Crippen molar-refractivity contribution in [3.8, 4) is 0 Å². The largest absolute Gasteiger partial charge is 0.394 e. The number of aliphatic hydroxyl groups excluding tert-OH is 19. The van der Waals surface area contributed by atoms with Crippen molar-refractivity contribution < 1.29 is 211 Å². The molecule has 7 saturated heterocycles. The van der Waals surface area contributed by atoms with Gasteiger partial charge in [0.05, 0.1) is 103 Å². The SMILES string of the molecule is C[C@@H]1O[C@@H](OCCNC(=O)CN(CC(=O)NCCO[C@@H]2O[C@@H](C)[C@@H](O)[C@@H](O)[C@@H]2O)[C@@H](CCCCNC(=O)CCCCCNC(=O)CN(CC(=O)NCCCCCC(=O)NCCO[C@H]2O[C@H](CO[C@H]3O[C@H](CO)[C@@H](O)[C@H](O)[C@@H]3O)[C@@H](O)[C@H](O[C@H]3O[C@H](CO)[C@@H](O)[C@H](O)[C@@H]3O)[C@@H]2O)CC(=O)NCCCCCC(=O)ON2C(=O)CCC2=O)C(=O)NCCO[C@@H]2O[C@@H](C)[C@@H](O)[C@@H](O)[C@@H]2O)[C@@H](O)[C@H](O)[C@@H]1O. The third-order valence-corrected chi connectivity index (χ3v) is 23.4. The molecule has 31 atom stereocenters. The van der Waals surface area contributed by atoms with Crippen molar-refractivity contribution in [2.75, 3.05) is 131 Å². The Labute approximate surface area is 782 Å². The zero-order valence-electron chi connectivity index (χ0n) is 76.2. The van der Waals surface area contributed by atoms with E-state index in [-0.39, 0.29) is 136 Å². The van der Waals surface area contributed by atoms with Crippen LogP contribution in [-0.2, 0) is 114 Å². The lowest BCUT2D eigenvalue weighted by Crippen LogP contribution is -2.65. The molecular formula is C82H141N11O43. The highest BCUT2D eigenvalue weighted by atomic mass is 16.8. The van der Waals surface area contributed by atoms with Crippen molar-refractivity contribution in [3.05, 3.63) is 0 Å². The predicted octanol–water partition coefficient (Wildman–Crippen LogP) is -14.7. The molecule has 782 valence electrons. The average Bonchev–Trinajstić information content (AvgIpc) is 0.861. The number of hydroxylamine groups is 2. The van der Waals surface area contributed by atoms with Crippen LogP contribution in [0.25, 0.3) is 0 Å². The number of hydrogen-bond acceptors (Lipinski definition) is 45. The summed E-state index contributed by atoms with van der Waals surface area (Å²) in [6, 6.07) is -1.28. The Morgan fingerprint density at radius 3 is 1.07 bits per heavy atom. The number of carbonyl (C=O) groups is 11.